The van der Waals surface area contributed by atoms with E-state index in [-0.39, 0.29) is 24.8 Å². The van der Waals surface area contributed by atoms with Gasteiger partial charge in [-0.05, 0) is 46.7 Å². The van der Waals surface area contributed by atoms with Crippen LogP contribution in [-0.2, 0) is 16.0 Å². The predicted octanol–water partition coefficient (Wildman–Crippen LogP) is 5.30. The Morgan fingerprint density at radius 1 is 0.848 bits per heavy atom. The van der Waals surface area contributed by atoms with Gasteiger partial charge in [0.1, 0.15) is 5.75 Å². The number of ether oxygens (including phenoxy) is 1. The third kappa shape index (κ3) is 5.93. The quantitative estimate of drug-likeness (QED) is 0.378. The number of amides is 2. The van der Waals surface area contributed by atoms with Crippen molar-refractivity contribution < 1.29 is 14.3 Å². The number of hydrogen-bond acceptors (Lipinski definition) is 4. The lowest BCUT2D eigenvalue weighted by Crippen LogP contribution is -2.33. The van der Waals surface area contributed by atoms with Gasteiger partial charge in [-0.1, -0.05) is 72.4 Å². The molecule has 0 radical (unpaired) electrons. The molecule has 166 valence electrons. The monoisotopic (exact) mass is 456 g/mol. The van der Waals surface area contributed by atoms with Crippen molar-refractivity contribution in [2.24, 2.45) is 0 Å². The Morgan fingerprint density at radius 3 is 2.48 bits per heavy atom. The number of carbonyl (C=O) groups is 2. The Hall–Kier alpha value is -3.77. The first kappa shape index (κ1) is 22.4. The summed E-state index contributed by atoms with van der Waals surface area (Å²) in [7, 11) is 1.63. The van der Waals surface area contributed by atoms with Gasteiger partial charge in [0.15, 0.2) is 0 Å². The molecule has 0 aromatic heterocycles. The van der Waals surface area contributed by atoms with E-state index in [9.17, 15) is 9.59 Å². The molecular formula is C27H24N2O3S. The Kier molecular flexibility index (Phi) is 7.27. The normalized spacial score (nSPS) is 10.6. The lowest BCUT2D eigenvalue weighted by atomic mass is 10.0. The molecular weight excluding hydrogens is 432 g/mol. The molecule has 0 saturated heterocycles. The molecule has 0 aliphatic carbocycles. The van der Waals surface area contributed by atoms with Crippen molar-refractivity contribution in [2.45, 2.75) is 16.2 Å². The van der Waals surface area contributed by atoms with E-state index < -0.39 is 0 Å². The summed E-state index contributed by atoms with van der Waals surface area (Å²) in [5.74, 6) is 0.302. The number of carbonyl (C=O) groups excluding carboxylic acids is 2. The maximum Gasteiger partial charge on any atom is 0.243 e. The minimum Gasteiger partial charge on any atom is -0.497 e. The van der Waals surface area contributed by atoms with Crippen LogP contribution in [0, 0.1) is 0 Å². The van der Waals surface area contributed by atoms with Crippen LogP contribution in [0.3, 0.4) is 0 Å². The first-order valence-electron chi connectivity index (χ1n) is 10.6. The van der Waals surface area contributed by atoms with Crippen LogP contribution in [0.2, 0.25) is 0 Å². The molecule has 4 rings (SSSR count). The fraction of sp³-hybridized carbons (Fsp3) is 0.111. The SMILES string of the molecule is COc1cccc(Sc2ccccc2NC(=O)CNC(=O)Cc2cccc3ccccc23)c1. The number of fused-ring (bicyclic) bond motifs is 1. The fourth-order valence-corrected chi connectivity index (χ4v) is 4.46. The number of rotatable bonds is 8. The molecule has 0 aliphatic rings. The zero-order valence-corrected chi connectivity index (χ0v) is 19.0. The van der Waals surface area contributed by atoms with Gasteiger partial charge in [-0.3, -0.25) is 9.59 Å². The molecule has 4 aromatic rings. The molecule has 4 aromatic carbocycles. The van der Waals surface area contributed by atoms with Crippen molar-refractivity contribution in [1.29, 1.82) is 0 Å². The lowest BCUT2D eigenvalue weighted by Gasteiger charge is -2.12. The standard InChI is InChI=1S/C27H24N2O3S/c1-32-21-11-7-12-22(17-21)33-25-15-5-4-14-24(25)29-27(31)18-28-26(30)16-20-10-6-9-19-8-2-3-13-23(19)20/h2-15,17H,16,18H2,1H3,(H,28,30)(H,29,31). The summed E-state index contributed by atoms with van der Waals surface area (Å²) in [5, 5.41) is 7.76. The second kappa shape index (κ2) is 10.7. The molecule has 2 amide bonds. The summed E-state index contributed by atoms with van der Waals surface area (Å²) in [5.41, 5.74) is 1.63. The van der Waals surface area contributed by atoms with E-state index in [4.69, 9.17) is 4.74 Å². The molecule has 0 saturated carbocycles. The number of para-hydroxylation sites is 1. The van der Waals surface area contributed by atoms with Gasteiger partial charge >= 0.3 is 0 Å². The third-order valence-electron chi connectivity index (χ3n) is 5.11. The van der Waals surface area contributed by atoms with Crippen LogP contribution >= 0.6 is 11.8 Å². The molecule has 0 heterocycles. The summed E-state index contributed by atoms with van der Waals surface area (Å²) in [4.78, 5) is 26.9. The summed E-state index contributed by atoms with van der Waals surface area (Å²) >= 11 is 1.53. The molecule has 33 heavy (non-hydrogen) atoms. The maximum absolute atomic E-state index is 12.5. The maximum atomic E-state index is 12.5. The van der Waals surface area contributed by atoms with Crippen LogP contribution in [-0.4, -0.2) is 25.5 Å². The second-order valence-corrected chi connectivity index (χ2v) is 8.53. The number of benzene rings is 4. The van der Waals surface area contributed by atoms with Crippen molar-refractivity contribution in [1.82, 2.24) is 5.32 Å². The van der Waals surface area contributed by atoms with E-state index in [1.54, 1.807) is 7.11 Å². The van der Waals surface area contributed by atoms with Crippen molar-refractivity contribution in [3.8, 4) is 5.75 Å². The molecule has 0 spiro atoms. The first-order valence-corrected chi connectivity index (χ1v) is 11.4. The number of methoxy groups -OCH3 is 1. The minimum absolute atomic E-state index is 0.0955. The molecule has 5 nitrogen and oxygen atoms in total. The van der Waals surface area contributed by atoms with E-state index in [1.807, 2.05) is 91.0 Å². The van der Waals surface area contributed by atoms with Crippen LogP contribution < -0.4 is 15.4 Å². The average Bonchev–Trinajstić information content (AvgIpc) is 2.84. The minimum atomic E-state index is -0.278. The van der Waals surface area contributed by atoms with Crippen LogP contribution in [0.15, 0.2) is 101 Å². The zero-order chi connectivity index (χ0) is 23.0. The van der Waals surface area contributed by atoms with Crippen LogP contribution in [0.25, 0.3) is 10.8 Å². The Bertz CT molecular complexity index is 1280. The first-order chi connectivity index (χ1) is 16.1. The van der Waals surface area contributed by atoms with Gasteiger partial charge in [-0.15, -0.1) is 0 Å². The Labute approximate surface area is 197 Å². The van der Waals surface area contributed by atoms with Crippen molar-refractivity contribution in [3.63, 3.8) is 0 Å². The van der Waals surface area contributed by atoms with E-state index >= 15 is 0 Å². The molecule has 0 fully saturated rings. The van der Waals surface area contributed by atoms with Gasteiger partial charge in [0.2, 0.25) is 11.8 Å². The zero-order valence-electron chi connectivity index (χ0n) is 18.2. The number of hydrogen-bond donors (Lipinski definition) is 2. The Balaban J connectivity index is 1.35. The molecule has 2 N–H and O–H groups in total. The van der Waals surface area contributed by atoms with Gasteiger partial charge in [-0.2, -0.15) is 0 Å². The van der Waals surface area contributed by atoms with Crippen molar-refractivity contribution >= 4 is 40.0 Å². The number of anilines is 1. The summed E-state index contributed by atoms with van der Waals surface area (Å²) in [6, 6.07) is 29.2. The molecule has 0 atom stereocenters. The van der Waals surface area contributed by atoms with Gasteiger partial charge in [-0.25, -0.2) is 0 Å². The molecule has 0 aliphatic heterocycles. The molecule has 0 bridgehead atoms. The van der Waals surface area contributed by atoms with Gasteiger partial charge in [0, 0.05) is 9.79 Å². The van der Waals surface area contributed by atoms with Gasteiger partial charge in [0.25, 0.3) is 0 Å². The van der Waals surface area contributed by atoms with Gasteiger partial charge in [0.05, 0.1) is 25.8 Å². The highest BCUT2D eigenvalue weighted by atomic mass is 32.2. The fourth-order valence-electron chi connectivity index (χ4n) is 3.51. The van der Waals surface area contributed by atoms with Crippen LogP contribution in [0.4, 0.5) is 5.69 Å². The van der Waals surface area contributed by atoms with E-state index in [0.29, 0.717) is 5.69 Å². The highest BCUT2D eigenvalue weighted by Gasteiger charge is 2.11. The van der Waals surface area contributed by atoms with Crippen molar-refractivity contribution in [3.05, 3.63) is 96.6 Å². The van der Waals surface area contributed by atoms with Gasteiger partial charge < -0.3 is 15.4 Å². The molecule has 6 heteroatoms. The summed E-state index contributed by atoms with van der Waals surface area (Å²) < 4.78 is 5.28. The highest BCUT2D eigenvalue weighted by molar-refractivity contribution is 7.99. The molecule has 0 unspecified atom stereocenters. The summed E-state index contributed by atoms with van der Waals surface area (Å²) in [6.45, 7) is -0.0955. The average molecular weight is 457 g/mol. The summed E-state index contributed by atoms with van der Waals surface area (Å²) in [6.07, 6.45) is 0.219. The van der Waals surface area contributed by atoms with Crippen LogP contribution in [0.1, 0.15) is 5.56 Å². The highest BCUT2D eigenvalue weighted by Crippen LogP contribution is 2.34. The topological polar surface area (TPSA) is 67.4 Å². The number of nitrogens with one attached hydrogen (secondary N) is 2. The van der Waals surface area contributed by atoms with E-state index in [0.717, 1.165) is 31.9 Å². The Morgan fingerprint density at radius 2 is 1.61 bits per heavy atom. The van der Waals surface area contributed by atoms with Crippen LogP contribution in [0.5, 0.6) is 5.75 Å². The predicted molar refractivity (Wildman–Crippen MR) is 133 cm³/mol. The van der Waals surface area contributed by atoms with E-state index in [1.165, 1.54) is 11.8 Å². The smallest absolute Gasteiger partial charge is 0.243 e. The largest absolute Gasteiger partial charge is 0.497 e. The third-order valence-corrected chi connectivity index (χ3v) is 6.17. The van der Waals surface area contributed by atoms with E-state index in [2.05, 4.69) is 10.6 Å². The van der Waals surface area contributed by atoms with Crippen molar-refractivity contribution in [2.75, 3.05) is 19.0 Å². The lowest BCUT2D eigenvalue weighted by molar-refractivity contribution is -0.123. The second-order valence-electron chi connectivity index (χ2n) is 7.42.